The number of aryl methyl sites for hydroxylation is 2. The minimum atomic E-state index is -4.10. The van der Waals surface area contributed by atoms with E-state index in [2.05, 4.69) is 4.98 Å². The maximum Gasteiger partial charge on any atom is 0.340 e. The molecule has 2 heterocycles. The van der Waals surface area contributed by atoms with Crippen molar-refractivity contribution in [2.45, 2.75) is 25.7 Å². The minimum absolute atomic E-state index is 0.00701. The smallest absolute Gasteiger partial charge is 0.340 e. The molecule has 0 saturated carbocycles. The zero-order chi connectivity index (χ0) is 21.8. The highest BCUT2D eigenvalue weighted by Gasteiger charge is 2.40. The van der Waals surface area contributed by atoms with Crippen LogP contribution in [0.2, 0.25) is 0 Å². The normalized spacial score (nSPS) is 13.2. The van der Waals surface area contributed by atoms with E-state index in [0.717, 1.165) is 9.54 Å². The van der Waals surface area contributed by atoms with Crippen molar-refractivity contribution in [3.8, 4) is 0 Å². The second-order valence-electron chi connectivity index (χ2n) is 6.95. The van der Waals surface area contributed by atoms with Gasteiger partial charge in [0.15, 0.2) is 5.78 Å². The highest BCUT2D eigenvalue weighted by molar-refractivity contribution is 7.90. The van der Waals surface area contributed by atoms with Crippen LogP contribution in [0.15, 0.2) is 41.4 Å². The van der Waals surface area contributed by atoms with Crippen LogP contribution in [0.25, 0.3) is 0 Å². The molecule has 1 N–H and O–H groups in total. The van der Waals surface area contributed by atoms with Gasteiger partial charge in [0.1, 0.15) is 11.4 Å². The van der Waals surface area contributed by atoms with Gasteiger partial charge in [-0.3, -0.25) is 9.59 Å². The number of benzene rings is 1. The predicted molar refractivity (Wildman–Crippen MR) is 107 cm³/mol. The molecule has 3 aromatic rings. The number of fused-ring (bicyclic) bond motifs is 2. The summed E-state index contributed by atoms with van der Waals surface area (Å²) in [5.41, 5.74) is 0.634. The van der Waals surface area contributed by atoms with E-state index in [1.165, 1.54) is 24.4 Å². The first-order chi connectivity index (χ1) is 14.2. The van der Waals surface area contributed by atoms with Crippen molar-refractivity contribution in [1.82, 2.24) is 8.96 Å². The summed E-state index contributed by atoms with van der Waals surface area (Å²) in [5, 5.41) is 0. The highest BCUT2D eigenvalue weighted by Crippen LogP contribution is 2.33. The van der Waals surface area contributed by atoms with Crippen LogP contribution in [0.1, 0.15) is 60.6 Å². The molecule has 0 spiro atoms. The van der Waals surface area contributed by atoms with Gasteiger partial charge in [0.2, 0.25) is 5.78 Å². The molecule has 0 saturated heterocycles. The fraction of sp³-hybridized carbons (Fsp3) is 0.190. The van der Waals surface area contributed by atoms with Crippen molar-refractivity contribution >= 4 is 27.6 Å². The van der Waals surface area contributed by atoms with Crippen LogP contribution in [0.3, 0.4) is 0 Å². The summed E-state index contributed by atoms with van der Waals surface area (Å²) < 4.78 is 32.1. The molecule has 0 aliphatic heterocycles. The summed E-state index contributed by atoms with van der Waals surface area (Å²) in [6.07, 6.45) is 1.18. The number of hydrogen-bond donors (Lipinski definition) is 1. The molecule has 1 aliphatic carbocycles. The van der Waals surface area contributed by atoms with Gasteiger partial charge < -0.3 is 9.72 Å². The maximum absolute atomic E-state index is 13.2. The third kappa shape index (κ3) is 2.73. The summed E-state index contributed by atoms with van der Waals surface area (Å²) in [6, 6.07) is 7.45. The zero-order valence-corrected chi connectivity index (χ0v) is 17.3. The number of carbonyl (C=O) groups excluding carboxylic acids is 3. The molecule has 8 nitrogen and oxygen atoms in total. The number of rotatable bonds is 4. The van der Waals surface area contributed by atoms with Crippen LogP contribution >= 0.6 is 0 Å². The lowest BCUT2D eigenvalue weighted by atomic mass is 9.90. The molecule has 9 heteroatoms. The van der Waals surface area contributed by atoms with Crippen LogP contribution in [0, 0.1) is 13.8 Å². The van der Waals surface area contributed by atoms with Gasteiger partial charge in [0.25, 0.3) is 10.0 Å². The third-order valence-corrected chi connectivity index (χ3v) is 6.70. The molecule has 0 atom stereocenters. The van der Waals surface area contributed by atoms with E-state index in [9.17, 15) is 22.8 Å². The molecule has 2 aromatic heterocycles. The van der Waals surface area contributed by atoms with Gasteiger partial charge in [-0.15, -0.1) is 0 Å². The first-order valence-electron chi connectivity index (χ1n) is 9.21. The van der Waals surface area contributed by atoms with E-state index in [-0.39, 0.29) is 39.6 Å². The third-order valence-electron chi connectivity index (χ3n) is 5.01. The van der Waals surface area contributed by atoms with E-state index in [4.69, 9.17) is 4.74 Å². The number of carbonyl (C=O) groups is 3. The van der Waals surface area contributed by atoms with Crippen molar-refractivity contribution in [2.24, 2.45) is 0 Å². The molecule has 0 bridgehead atoms. The molecular formula is C21H18N2O6S. The van der Waals surface area contributed by atoms with Crippen LogP contribution in [-0.4, -0.2) is 41.5 Å². The quantitative estimate of drug-likeness (QED) is 0.502. The number of esters is 1. The van der Waals surface area contributed by atoms with Gasteiger partial charge in [0, 0.05) is 11.9 Å². The summed E-state index contributed by atoms with van der Waals surface area (Å²) in [4.78, 5) is 41.4. The van der Waals surface area contributed by atoms with Crippen LogP contribution in [0.5, 0.6) is 0 Å². The summed E-state index contributed by atoms with van der Waals surface area (Å²) in [6.45, 7) is 5.11. The Labute approximate surface area is 172 Å². The van der Waals surface area contributed by atoms with Crippen LogP contribution in [0.4, 0.5) is 0 Å². The maximum atomic E-state index is 13.2. The molecule has 4 rings (SSSR count). The Bertz CT molecular complexity index is 1330. The Morgan fingerprint density at radius 1 is 1.07 bits per heavy atom. The lowest BCUT2D eigenvalue weighted by molar-refractivity contribution is 0.0523. The lowest BCUT2D eigenvalue weighted by Crippen LogP contribution is -2.26. The lowest BCUT2D eigenvalue weighted by Gasteiger charge is -2.15. The summed E-state index contributed by atoms with van der Waals surface area (Å²) in [7, 11) is -4.10. The Kier molecular flexibility index (Phi) is 4.50. The number of ketones is 2. The van der Waals surface area contributed by atoms with E-state index < -0.39 is 27.6 Å². The molecule has 154 valence electrons. The predicted octanol–water partition coefficient (Wildman–Crippen LogP) is 2.62. The molecule has 0 radical (unpaired) electrons. The summed E-state index contributed by atoms with van der Waals surface area (Å²) in [5.74, 6) is -2.01. The molecule has 0 amide bonds. The Morgan fingerprint density at radius 3 is 2.37 bits per heavy atom. The number of ether oxygens (including phenoxy) is 1. The second-order valence-corrected chi connectivity index (χ2v) is 8.76. The highest BCUT2D eigenvalue weighted by atomic mass is 32.2. The number of H-pyrrole nitrogens is 1. The van der Waals surface area contributed by atoms with Gasteiger partial charge >= 0.3 is 5.97 Å². The monoisotopic (exact) mass is 426 g/mol. The van der Waals surface area contributed by atoms with Crippen molar-refractivity contribution < 1.29 is 27.5 Å². The van der Waals surface area contributed by atoms with Crippen molar-refractivity contribution in [3.63, 3.8) is 0 Å². The SMILES string of the molecule is CCOC(=O)c1c(C)[nH]c2c1C(=O)c1ccn(S(=O)(=O)c3ccc(C)cc3)c1C2=O. The molecule has 1 aliphatic rings. The number of aromatic amines is 1. The van der Waals surface area contributed by atoms with Gasteiger partial charge in [-0.2, -0.15) is 0 Å². The standard InChI is InChI=1S/C21H18N2O6S/c1-4-29-21(26)15-12(3)22-17-16(15)19(24)14-9-10-23(18(14)20(17)25)30(27,28)13-7-5-11(2)6-8-13/h5-10,22H,4H2,1-3H3. The fourth-order valence-electron chi connectivity index (χ4n) is 3.58. The van der Waals surface area contributed by atoms with Gasteiger partial charge in [-0.05, 0) is 39.0 Å². The number of aromatic nitrogens is 2. The van der Waals surface area contributed by atoms with Gasteiger partial charge in [-0.25, -0.2) is 17.2 Å². The topological polar surface area (TPSA) is 115 Å². The number of nitrogens with zero attached hydrogens (tertiary/aromatic N) is 1. The molecule has 1 aromatic carbocycles. The van der Waals surface area contributed by atoms with E-state index in [1.807, 2.05) is 6.92 Å². The average molecular weight is 426 g/mol. The van der Waals surface area contributed by atoms with Gasteiger partial charge in [0.05, 0.1) is 28.2 Å². The van der Waals surface area contributed by atoms with Crippen molar-refractivity contribution in [1.29, 1.82) is 0 Å². The van der Waals surface area contributed by atoms with E-state index >= 15 is 0 Å². The second kappa shape index (κ2) is 6.81. The van der Waals surface area contributed by atoms with Crippen molar-refractivity contribution in [3.05, 3.63) is 75.9 Å². The van der Waals surface area contributed by atoms with Crippen molar-refractivity contribution in [2.75, 3.05) is 6.61 Å². The molecular weight excluding hydrogens is 408 g/mol. The van der Waals surface area contributed by atoms with E-state index in [0.29, 0.717) is 5.69 Å². The molecule has 0 fully saturated rings. The zero-order valence-electron chi connectivity index (χ0n) is 16.5. The molecule has 0 unspecified atom stereocenters. The number of hydrogen-bond acceptors (Lipinski definition) is 6. The first-order valence-corrected chi connectivity index (χ1v) is 10.6. The summed E-state index contributed by atoms with van der Waals surface area (Å²) >= 11 is 0. The Hall–Kier alpha value is -3.46. The largest absolute Gasteiger partial charge is 0.462 e. The minimum Gasteiger partial charge on any atom is -0.462 e. The average Bonchev–Trinajstić information content (AvgIpc) is 3.29. The Morgan fingerprint density at radius 2 is 1.73 bits per heavy atom. The Balaban J connectivity index is 1.89. The van der Waals surface area contributed by atoms with Crippen LogP contribution < -0.4 is 0 Å². The van der Waals surface area contributed by atoms with E-state index in [1.54, 1.807) is 26.0 Å². The van der Waals surface area contributed by atoms with Gasteiger partial charge in [-0.1, -0.05) is 17.7 Å². The van der Waals surface area contributed by atoms with Crippen LogP contribution in [-0.2, 0) is 14.8 Å². The fourth-order valence-corrected chi connectivity index (χ4v) is 4.93. The number of nitrogens with one attached hydrogen (secondary N) is 1. The molecule has 30 heavy (non-hydrogen) atoms. The first kappa shape index (κ1) is 19.8.